The van der Waals surface area contributed by atoms with E-state index >= 15 is 0 Å². The molecule has 9 nitrogen and oxygen atoms in total. The number of amides is 3. The van der Waals surface area contributed by atoms with Crippen LogP contribution in [0.1, 0.15) is 96.9 Å². The van der Waals surface area contributed by atoms with Crippen LogP contribution in [0.2, 0.25) is 0 Å². The van der Waals surface area contributed by atoms with Crippen LogP contribution >= 0.6 is 11.5 Å². The number of carbonyl (C=O) groups excluding carboxylic acids is 3. The number of nitrogens with two attached hydrogens (primary N) is 1. The summed E-state index contributed by atoms with van der Waals surface area (Å²) in [7, 11) is 1.60. The first-order chi connectivity index (χ1) is 18.4. The molecule has 2 fully saturated rings. The van der Waals surface area contributed by atoms with Gasteiger partial charge >= 0.3 is 0 Å². The minimum absolute atomic E-state index is 0.0686. The average Bonchev–Trinajstić information content (AvgIpc) is 3.58. The Morgan fingerprint density at radius 3 is 2.24 bits per heavy atom. The Bertz CT molecular complexity index is 1110. The van der Waals surface area contributed by atoms with Gasteiger partial charge in [0, 0.05) is 18.6 Å². The summed E-state index contributed by atoms with van der Waals surface area (Å²) >= 11 is 0.913. The van der Waals surface area contributed by atoms with E-state index in [1.165, 1.54) is 6.42 Å². The lowest BCUT2D eigenvalue weighted by molar-refractivity contribution is -0.126. The number of nitrogens with zero attached hydrogens (tertiary/aromatic N) is 2. The first-order valence-electron chi connectivity index (χ1n) is 13.7. The Hall–Kier alpha value is -3.14. The number of nitrogen functional groups attached to an aromatic ring is 1. The fourth-order valence-corrected chi connectivity index (χ4v) is 6.17. The number of hydrogen-bond acceptors (Lipinski definition) is 7. The topological polar surface area (TPSA) is 127 Å². The van der Waals surface area contributed by atoms with E-state index in [2.05, 4.69) is 15.0 Å². The fraction of sp³-hybridized carbons (Fsp3) is 0.571. The molecule has 1 aromatic heterocycles. The van der Waals surface area contributed by atoms with Crippen LogP contribution in [0.15, 0.2) is 24.3 Å². The summed E-state index contributed by atoms with van der Waals surface area (Å²) in [5.74, 6) is -0.212. The number of carbonyl (C=O) groups is 3. The zero-order chi connectivity index (χ0) is 27.1. The van der Waals surface area contributed by atoms with Gasteiger partial charge in [0.15, 0.2) is 5.69 Å². The summed E-state index contributed by atoms with van der Waals surface area (Å²) in [6.07, 6.45) is 9.77. The van der Waals surface area contributed by atoms with Crippen molar-refractivity contribution in [1.82, 2.24) is 19.9 Å². The van der Waals surface area contributed by atoms with Crippen molar-refractivity contribution in [3.8, 4) is 5.75 Å². The summed E-state index contributed by atoms with van der Waals surface area (Å²) in [5, 5.41) is 6.17. The summed E-state index contributed by atoms with van der Waals surface area (Å²) in [6.45, 7) is 2.10. The molecule has 2 aliphatic carbocycles. The number of rotatable bonds is 10. The Kier molecular flexibility index (Phi) is 9.60. The summed E-state index contributed by atoms with van der Waals surface area (Å²) in [4.78, 5) is 42.0. The van der Waals surface area contributed by atoms with Crippen molar-refractivity contribution in [2.24, 2.45) is 0 Å². The van der Waals surface area contributed by atoms with E-state index in [9.17, 15) is 14.4 Å². The van der Waals surface area contributed by atoms with Crippen molar-refractivity contribution in [2.45, 2.75) is 95.8 Å². The molecule has 1 atom stereocenters. The number of methoxy groups -OCH3 is 1. The largest absolute Gasteiger partial charge is 0.497 e. The Morgan fingerprint density at radius 2 is 1.63 bits per heavy atom. The third kappa shape index (κ3) is 6.64. The molecule has 0 radical (unpaired) electrons. The van der Waals surface area contributed by atoms with Crippen molar-refractivity contribution in [1.29, 1.82) is 0 Å². The van der Waals surface area contributed by atoms with Gasteiger partial charge in [0.2, 0.25) is 5.91 Å². The van der Waals surface area contributed by atoms with Crippen LogP contribution in [0, 0.1) is 0 Å². The SMILES string of the molecule is CCC(C(=O)NC1CCCC1)N(Cc1ccc(OC)cc1)C(=O)c1snc(C(=O)NC2CCCCC2)c1N. The smallest absolute Gasteiger partial charge is 0.273 e. The van der Waals surface area contributed by atoms with E-state index in [1.54, 1.807) is 12.0 Å². The van der Waals surface area contributed by atoms with Crippen molar-refractivity contribution in [3.63, 3.8) is 0 Å². The van der Waals surface area contributed by atoms with Crippen LogP contribution in [0.4, 0.5) is 5.69 Å². The molecule has 38 heavy (non-hydrogen) atoms. The molecular formula is C28H39N5O4S. The van der Waals surface area contributed by atoms with Gasteiger partial charge < -0.3 is 26.0 Å². The van der Waals surface area contributed by atoms with Gasteiger partial charge in [-0.3, -0.25) is 14.4 Å². The maximum atomic E-state index is 13.9. The van der Waals surface area contributed by atoms with E-state index in [4.69, 9.17) is 10.5 Å². The van der Waals surface area contributed by atoms with Crippen molar-refractivity contribution < 1.29 is 19.1 Å². The Labute approximate surface area is 228 Å². The molecule has 1 aromatic carbocycles. The van der Waals surface area contributed by atoms with Crippen molar-refractivity contribution in [2.75, 3.05) is 12.8 Å². The number of nitrogens with one attached hydrogen (secondary N) is 2. The third-order valence-corrected chi connectivity index (χ3v) is 8.47. The monoisotopic (exact) mass is 541 g/mol. The molecule has 3 amide bonds. The highest BCUT2D eigenvalue weighted by Crippen LogP contribution is 2.28. The van der Waals surface area contributed by atoms with Gasteiger partial charge in [-0.15, -0.1) is 0 Å². The molecule has 2 aromatic rings. The highest BCUT2D eigenvalue weighted by molar-refractivity contribution is 7.09. The standard InChI is InChI=1S/C28H39N5O4S/c1-3-22(26(34)30-19-11-7-8-12-19)33(17-18-13-15-21(37-2)16-14-18)28(36)25-23(29)24(32-38-25)27(35)31-20-9-5-4-6-10-20/h13-16,19-20,22H,3-12,17,29H2,1-2H3,(H,30,34)(H,31,35). The van der Waals surface area contributed by atoms with Crippen LogP contribution in [-0.4, -0.2) is 52.2 Å². The molecule has 0 bridgehead atoms. The van der Waals surface area contributed by atoms with Gasteiger partial charge in [-0.2, -0.15) is 4.37 Å². The van der Waals surface area contributed by atoms with E-state index in [0.717, 1.165) is 68.5 Å². The van der Waals surface area contributed by atoms with Gasteiger partial charge in [-0.05, 0) is 61.3 Å². The van der Waals surface area contributed by atoms with Crippen LogP contribution in [0.3, 0.4) is 0 Å². The van der Waals surface area contributed by atoms with Gasteiger partial charge in [-0.1, -0.05) is 51.2 Å². The van der Waals surface area contributed by atoms with Crippen LogP contribution in [-0.2, 0) is 11.3 Å². The minimum Gasteiger partial charge on any atom is -0.497 e. The van der Waals surface area contributed by atoms with Crippen LogP contribution in [0.5, 0.6) is 5.75 Å². The molecule has 0 saturated heterocycles. The first-order valence-corrected chi connectivity index (χ1v) is 14.5. The fourth-order valence-electron chi connectivity index (χ4n) is 5.41. The maximum Gasteiger partial charge on any atom is 0.273 e. The number of aromatic nitrogens is 1. The molecule has 0 aliphatic heterocycles. The Balaban J connectivity index is 1.57. The van der Waals surface area contributed by atoms with Gasteiger partial charge in [-0.25, -0.2) is 0 Å². The van der Waals surface area contributed by atoms with E-state index < -0.39 is 11.9 Å². The van der Waals surface area contributed by atoms with Crippen LogP contribution < -0.4 is 21.1 Å². The Morgan fingerprint density at radius 1 is 1.03 bits per heavy atom. The number of benzene rings is 1. The van der Waals surface area contributed by atoms with E-state index in [-0.39, 0.29) is 46.7 Å². The molecule has 1 heterocycles. The molecule has 1 unspecified atom stereocenters. The molecular weight excluding hydrogens is 502 g/mol. The second kappa shape index (κ2) is 13.1. The molecule has 4 rings (SSSR count). The quantitative estimate of drug-likeness (QED) is 0.412. The number of ether oxygens (including phenoxy) is 1. The van der Waals surface area contributed by atoms with Gasteiger partial charge in [0.05, 0.1) is 12.8 Å². The van der Waals surface area contributed by atoms with Crippen molar-refractivity contribution >= 4 is 34.9 Å². The number of hydrogen-bond donors (Lipinski definition) is 3. The normalized spacial score (nSPS) is 17.1. The van der Waals surface area contributed by atoms with Crippen molar-refractivity contribution in [3.05, 3.63) is 40.4 Å². The number of anilines is 1. The van der Waals surface area contributed by atoms with Gasteiger partial charge in [0.25, 0.3) is 11.8 Å². The lowest BCUT2D eigenvalue weighted by Gasteiger charge is -2.31. The third-order valence-electron chi connectivity index (χ3n) is 7.62. The zero-order valence-electron chi connectivity index (χ0n) is 22.3. The van der Waals surface area contributed by atoms with E-state index in [0.29, 0.717) is 12.2 Å². The minimum atomic E-state index is -0.689. The lowest BCUT2D eigenvalue weighted by atomic mass is 9.95. The molecule has 10 heteroatoms. The van der Waals surface area contributed by atoms with Gasteiger partial charge in [0.1, 0.15) is 16.7 Å². The predicted molar refractivity (Wildman–Crippen MR) is 148 cm³/mol. The summed E-state index contributed by atoms with van der Waals surface area (Å²) < 4.78 is 9.53. The zero-order valence-corrected chi connectivity index (χ0v) is 23.1. The summed E-state index contributed by atoms with van der Waals surface area (Å²) in [6, 6.07) is 6.95. The molecule has 206 valence electrons. The molecule has 4 N–H and O–H groups in total. The summed E-state index contributed by atoms with van der Waals surface area (Å²) in [5.41, 5.74) is 7.35. The second-order valence-electron chi connectivity index (χ2n) is 10.3. The maximum absolute atomic E-state index is 13.9. The molecule has 0 spiro atoms. The van der Waals surface area contributed by atoms with Crippen LogP contribution in [0.25, 0.3) is 0 Å². The molecule has 2 saturated carbocycles. The lowest BCUT2D eigenvalue weighted by Crippen LogP contribution is -2.50. The average molecular weight is 542 g/mol. The highest BCUT2D eigenvalue weighted by atomic mass is 32.1. The molecule has 2 aliphatic rings. The first kappa shape index (κ1) is 27.9. The predicted octanol–water partition coefficient (Wildman–Crippen LogP) is 4.28. The highest BCUT2D eigenvalue weighted by Gasteiger charge is 2.34. The van der Waals surface area contributed by atoms with E-state index in [1.807, 2.05) is 31.2 Å². The second-order valence-corrected chi connectivity index (χ2v) is 11.1.